The van der Waals surface area contributed by atoms with E-state index in [-0.39, 0.29) is 30.4 Å². The van der Waals surface area contributed by atoms with E-state index in [1.807, 2.05) is 48.5 Å². The van der Waals surface area contributed by atoms with Gasteiger partial charge in [-0.05, 0) is 60.2 Å². The van der Waals surface area contributed by atoms with Crippen LogP contribution in [0.4, 0.5) is 11.4 Å². The molecule has 0 bridgehead atoms. The van der Waals surface area contributed by atoms with Crippen LogP contribution in [0.5, 0.6) is 5.75 Å². The number of hydrogen-bond donors (Lipinski definition) is 0. The fraction of sp³-hybridized carbons (Fsp3) is 0.389. The molecule has 1 amide bonds. The van der Waals surface area contributed by atoms with Gasteiger partial charge in [-0.2, -0.15) is 0 Å². The standard InChI is InChI=1S/C36H41N3O4S/c1-36(2)25-34(40)39(26-43-35(41)23-27-9-4-3-5-10-27)32-24-28(13-14-30(32)36)42-21-7-6-16-37-17-19-38(20-18-37)31-11-8-12-33-29(31)15-22-44-33/h3-5,8-15,22,24H,6-7,16-21,23,25-26H2,1-2H3. The zero-order valence-electron chi connectivity index (χ0n) is 25.7. The van der Waals surface area contributed by atoms with Crippen molar-refractivity contribution in [3.05, 3.63) is 89.3 Å². The molecule has 0 unspecified atom stereocenters. The van der Waals surface area contributed by atoms with E-state index in [1.54, 1.807) is 16.2 Å². The summed E-state index contributed by atoms with van der Waals surface area (Å²) >= 11 is 1.81. The third-order valence-corrected chi connectivity index (χ3v) is 9.63. The molecule has 1 saturated heterocycles. The second kappa shape index (κ2) is 13.4. The molecule has 4 aromatic rings. The van der Waals surface area contributed by atoms with E-state index in [4.69, 9.17) is 9.47 Å². The maximum Gasteiger partial charge on any atom is 0.311 e. The van der Waals surface area contributed by atoms with Gasteiger partial charge in [0.1, 0.15) is 5.75 Å². The molecule has 230 valence electrons. The number of anilines is 2. The van der Waals surface area contributed by atoms with E-state index in [9.17, 15) is 9.59 Å². The van der Waals surface area contributed by atoms with Gasteiger partial charge in [0.05, 0.1) is 18.7 Å². The third kappa shape index (κ3) is 6.92. The number of piperazine rings is 1. The Labute approximate surface area is 264 Å². The van der Waals surface area contributed by atoms with E-state index < -0.39 is 0 Å². The Morgan fingerprint density at radius 1 is 0.909 bits per heavy atom. The summed E-state index contributed by atoms with van der Waals surface area (Å²) < 4.78 is 13.1. The highest BCUT2D eigenvalue weighted by atomic mass is 32.1. The van der Waals surface area contributed by atoms with Crippen molar-refractivity contribution in [2.24, 2.45) is 0 Å². The Bertz CT molecular complexity index is 1590. The molecule has 0 spiro atoms. The predicted octanol–water partition coefficient (Wildman–Crippen LogP) is 6.64. The summed E-state index contributed by atoms with van der Waals surface area (Å²) in [6.45, 7) is 9.96. The summed E-state index contributed by atoms with van der Waals surface area (Å²) in [6.07, 6.45) is 2.55. The molecule has 0 N–H and O–H groups in total. The number of fused-ring (bicyclic) bond motifs is 2. The largest absolute Gasteiger partial charge is 0.494 e. The number of rotatable bonds is 11. The number of hydrogen-bond acceptors (Lipinski definition) is 7. The molecule has 3 aromatic carbocycles. The summed E-state index contributed by atoms with van der Waals surface area (Å²) in [5.41, 5.74) is 3.74. The van der Waals surface area contributed by atoms with E-state index in [0.717, 1.165) is 68.1 Å². The fourth-order valence-corrected chi connectivity index (χ4v) is 7.09. The molecule has 2 aliphatic heterocycles. The van der Waals surface area contributed by atoms with Crippen molar-refractivity contribution in [3.8, 4) is 5.75 Å². The highest BCUT2D eigenvalue weighted by Crippen LogP contribution is 2.42. The lowest BCUT2D eigenvalue weighted by molar-refractivity contribution is -0.143. The molecule has 7 nitrogen and oxygen atoms in total. The average Bonchev–Trinajstić information content (AvgIpc) is 3.51. The molecule has 1 fully saturated rings. The van der Waals surface area contributed by atoms with Gasteiger partial charge in [0.2, 0.25) is 5.91 Å². The van der Waals surface area contributed by atoms with Crippen molar-refractivity contribution in [2.45, 2.75) is 44.9 Å². The highest BCUT2D eigenvalue weighted by Gasteiger charge is 2.37. The number of nitrogens with zero attached hydrogens (tertiary/aromatic N) is 3. The van der Waals surface area contributed by atoms with Crippen LogP contribution in [0.2, 0.25) is 0 Å². The van der Waals surface area contributed by atoms with Crippen LogP contribution in [0.1, 0.15) is 44.2 Å². The van der Waals surface area contributed by atoms with Crippen LogP contribution in [0.15, 0.2) is 78.2 Å². The van der Waals surface area contributed by atoms with Gasteiger partial charge in [-0.25, -0.2) is 0 Å². The lowest BCUT2D eigenvalue weighted by Crippen LogP contribution is -2.46. The molecular weight excluding hydrogens is 570 g/mol. The van der Waals surface area contributed by atoms with Crippen LogP contribution in [-0.2, 0) is 26.2 Å². The Morgan fingerprint density at radius 3 is 2.55 bits per heavy atom. The highest BCUT2D eigenvalue weighted by molar-refractivity contribution is 7.17. The molecule has 2 aliphatic rings. The van der Waals surface area contributed by atoms with Crippen LogP contribution in [-0.4, -0.2) is 62.8 Å². The lowest BCUT2D eigenvalue weighted by atomic mass is 9.77. The second-order valence-electron chi connectivity index (χ2n) is 12.4. The number of unbranched alkanes of at least 4 members (excludes halogenated alkanes) is 1. The number of esters is 1. The minimum absolute atomic E-state index is 0.0562. The van der Waals surface area contributed by atoms with Crippen molar-refractivity contribution in [2.75, 3.05) is 55.9 Å². The summed E-state index contributed by atoms with van der Waals surface area (Å²) in [7, 11) is 0. The first-order valence-electron chi connectivity index (χ1n) is 15.6. The molecule has 3 heterocycles. The van der Waals surface area contributed by atoms with Crippen LogP contribution < -0.4 is 14.5 Å². The first kappa shape index (κ1) is 30.2. The summed E-state index contributed by atoms with van der Waals surface area (Å²) in [4.78, 5) is 32.3. The van der Waals surface area contributed by atoms with Gasteiger partial charge in [-0.3, -0.25) is 19.4 Å². The summed E-state index contributed by atoms with van der Waals surface area (Å²) in [6, 6.07) is 24.3. The summed E-state index contributed by atoms with van der Waals surface area (Å²) in [5, 5.41) is 3.54. The maximum absolute atomic E-state index is 13.1. The number of amides is 1. The normalized spacial score (nSPS) is 16.6. The van der Waals surface area contributed by atoms with E-state index >= 15 is 0 Å². The third-order valence-electron chi connectivity index (χ3n) is 8.75. The Hall–Kier alpha value is -3.88. The Kier molecular flexibility index (Phi) is 9.19. The number of benzene rings is 3. The second-order valence-corrected chi connectivity index (χ2v) is 13.3. The lowest BCUT2D eigenvalue weighted by Gasteiger charge is -2.38. The fourth-order valence-electron chi connectivity index (χ4n) is 6.29. The van der Waals surface area contributed by atoms with Gasteiger partial charge in [0.25, 0.3) is 0 Å². The molecule has 0 saturated carbocycles. The maximum atomic E-state index is 13.1. The average molecular weight is 612 g/mol. The van der Waals surface area contributed by atoms with Gasteiger partial charge in [0.15, 0.2) is 6.73 Å². The van der Waals surface area contributed by atoms with Gasteiger partial charge in [0, 0.05) is 59.9 Å². The molecule has 8 heteroatoms. The molecule has 0 radical (unpaired) electrons. The molecule has 44 heavy (non-hydrogen) atoms. The van der Waals surface area contributed by atoms with Crippen molar-refractivity contribution in [3.63, 3.8) is 0 Å². The number of thiophene rings is 1. The first-order chi connectivity index (χ1) is 21.4. The van der Waals surface area contributed by atoms with Gasteiger partial charge >= 0.3 is 5.97 Å². The Morgan fingerprint density at radius 2 is 1.73 bits per heavy atom. The van der Waals surface area contributed by atoms with Crippen LogP contribution in [0.3, 0.4) is 0 Å². The minimum atomic E-state index is -0.357. The van der Waals surface area contributed by atoms with E-state index in [0.29, 0.717) is 13.0 Å². The van der Waals surface area contributed by atoms with Crippen molar-refractivity contribution >= 4 is 44.7 Å². The quantitative estimate of drug-likeness (QED) is 0.140. The zero-order chi connectivity index (χ0) is 30.5. The Balaban J connectivity index is 0.981. The van der Waals surface area contributed by atoms with Crippen LogP contribution >= 0.6 is 11.3 Å². The number of carbonyl (C=O) groups is 2. The van der Waals surface area contributed by atoms with Crippen molar-refractivity contribution in [1.29, 1.82) is 0 Å². The molecular formula is C36H41N3O4S. The topological polar surface area (TPSA) is 62.3 Å². The number of ether oxygens (including phenoxy) is 2. The van der Waals surface area contributed by atoms with E-state index in [1.165, 1.54) is 15.8 Å². The predicted molar refractivity (Wildman–Crippen MR) is 178 cm³/mol. The zero-order valence-corrected chi connectivity index (χ0v) is 26.5. The summed E-state index contributed by atoms with van der Waals surface area (Å²) in [5.74, 6) is 0.314. The van der Waals surface area contributed by atoms with Crippen molar-refractivity contribution in [1.82, 2.24) is 4.90 Å². The SMILES string of the molecule is CC1(C)CC(=O)N(COC(=O)Cc2ccccc2)c2cc(OCCCCN3CCN(c4cccc5sccc45)CC3)ccc21. The van der Waals surface area contributed by atoms with Crippen LogP contribution in [0, 0.1) is 0 Å². The van der Waals surface area contributed by atoms with Crippen molar-refractivity contribution < 1.29 is 19.1 Å². The molecule has 0 atom stereocenters. The monoisotopic (exact) mass is 611 g/mol. The molecule has 6 rings (SSSR count). The van der Waals surface area contributed by atoms with Crippen LogP contribution in [0.25, 0.3) is 10.1 Å². The minimum Gasteiger partial charge on any atom is -0.494 e. The molecule has 1 aromatic heterocycles. The molecule has 0 aliphatic carbocycles. The van der Waals surface area contributed by atoms with Gasteiger partial charge in [-0.1, -0.05) is 56.3 Å². The van der Waals surface area contributed by atoms with Gasteiger partial charge in [-0.15, -0.1) is 11.3 Å². The first-order valence-corrected chi connectivity index (χ1v) is 16.5. The number of carbonyl (C=O) groups excluding carboxylic acids is 2. The smallest absolute Gasteiger partial charge is 0.311 e. The van der Waals surface area contributed by atoms with Gasteiger partial charge < -0.3 is 14.4 Å². The van der Waals surface area contributed by atoms with E-state index in [2.05, 4.69) is 53.3 Å².